The van der Waals surface area contributed by atoms with Gasteiger partial charge in [0.05, 0.1) is 17.7 Å². The highest BCUT2D eigenvalue weighted by Gasteiger charge is 2.31. The lowest BCUT2D eigenvalue weighted by Gasteiger charge is -2.34. The van der Waals surface area contributed by atoms with Crippen LogP contribution in [0, 0.1) is 6.92 Å². The Morgan fingerprint density at radius 3 is 2.65 bits per heavy atom. The lowest BCUT2D eigenvalue weighted by atomic mass is 10.1. The van der Waals surface area contributed by atoms with Gasteiger partial charge in [-0.1, -0.05) is 12.1 Å². The molecule has 0 radical (unpaired) electrons. The van der Waals surface area contributed by atoms with Gasteiger partial charge in [0.25, 0.3) is 0 Å². The molecule has 0 bridgehead atoms. The van der Waals surface area contributed by atoms with Crippen LogP contribution in [-0.4, -0.2) is 55.6 Å². The van der Waals surface area contributed by atoms with Gasteiger partial charge in [0.2, 0.25) is 10.0 Å². The third-order valence-electron chi connectivity index (χ3n) is 6.30. The summed E-state index contributed by atoms with van der Waals surface area (Å²) in [6, 6.07) is 13.7. The summed E-state index contributed by atoms with van der Waals surface area (Å²) in [5.74, 6) is 0.840. The van der Waals surface area contributed by atoms with Crippen LogP contribution in [0.25, 0.3) is 10.9 Å². The fourth-order valence-corrected chi connectivity index (χ4v) is 7.04. The molecule has 7 nitrogen and oxygen atoms in total. The number of anilines is 1. The van der Waals surface area contributed by atoms with Gasteiger partial charge in [-0.3, -0.25) is 0 Å². The molecular formula is C25H28N4O3S2. The summed E-state index contributed by atoms with van der Waals surface area (Å²) >= 11 is 1.61. The van der Waals surface area contributed by atoms with Crippen molar-refractivity contribution >= 4 is 37.4 Å². The van der Waals surface area contributed by atoms with Gasteiger partial charge in [-0.05, 0) is 48.4 Å². The highest BCUT2D eigenvalue weighted by atomic mass is 32.2. The average molecular weight is 497 g/mol. The van der Waals surface area contributed by atoms with E-state index in [1.54, 1.807) is 28.8 Å². The fraction of sp³-hybridized carbons (Fsp3) is 0.320. The first-order valence-electron chi connectivity index (χ1n) is 11.2. The zero-order valence-corrected chi connectivity index (χ0v) is 21.2. The Morgan fingerprint density at radius 2 is 1.88 bits per heavy atom. The van der Waals surface area contributed by atoms with Crippen LogP contribution in [0.1, 0.15) is 16.8 Å². The van der Waals surface area contributed by atoms with E-state index in [4.69, 9.17) is 9.72 Å². The van der Waals surface area contributed by atoms with Crippen molar-refractivity contribution in [3.8, 4) is 5.75 Å². The number of hydrogen-bond donors (Lipinski definition) is 0. The van der Waals surface area contributed by atoms with Gasteiger partial charge in [0.1, 0.15) is 5.75 Å². The molecule has 1 fully saturated rings. The molecule has 0 amide bonds. The van der Waals surface area contributed by atoms with Gasteiger partial charge < -0.3 is 14.2 Å². The number of rotatable bonds is 6. The molecule has 34 heavy (non-hydrogen) atoms. The van der Waals surface area contributed by atoms with Crippen molar-refractivity contribution in [1.29, 1.82) is 0 Å². The summed E-state index contributed by atoms with van der Waals surface area (Å²) in [6.07, 6.45) is 2.65. The second-order valence-electron chi connectivity index (χ2n) is 8.66. The molecule has 0 atom stereocenters. The van der Waals surface area contributed by atoms with E-state index in [0.29, 0.717) is 31.1 Å². The third-order valence-corrected chi connectivity index (χ3v) is 9.18. The molecule has 3 heterocycles. The quantitative estimate of drug-likeness (QED) is 0.403. The number of fused-ring (bicyclic) bond motifs is 1. The first-order chi connectivity index (χ1) is 16.3. The molecule has 0 aliphatic carbocycles. The normalized spacial score (nSPS) is 15.2. The topological polar surface area (TPSA) is 67.7 Å². The first-order valence-corrected chi connectivity index (χ1v) is 13.6. The van der Waals surface area contributed by atoms with E-state index in [-0.39, 0.29) is 0 Å². The van der Waals surface area contributed by atoms with Crippen LogP contribution >= 0.6 is 11.3 Å². The predicted octanol–water partition coefficient (Wildman–Crippen LogP) is 4.05. The summed E-state index contributed by atoms with van der Waals surface area (Å²) in [6.45, 7) is 4.06. The summed E-state index contributed by atoms with van der Waals surface area (Å²) in [7, 11) is 0.0249. The smallest absolute Gasteiger partial charge is 0.243 e. The number of thiazole rings is 1. The Kier molecular flexibility index (Phi) is 6.09. The van der Waals surface area contributed by atoms with Crippen LogP contribution in [-0.2, 0) is 23.5 Å². The molecule has 1 saturated heterocycles. The molecule has 0 unspecified atom stereocenters. The van der Waals surface area contributed by atoms with Gasteiger partial charge in [-0.25, -0.2) is 13.4 Å². The van der Waals surface area contributed by atoms with E-state index in [1.807, 2.05) is 55.1 Å². The van der Waals surface area contributed by atoms with Gasteiger partial charge in [0, 0.05) is 62.1 Å². The van der Waals surface area contributed by atoms with Crippen molar-refractivity contribution in [1.82, 2.24) is 13.9 Å². The largest absolute Gasteiger partial charge is 0.497 e. The minimum absolute atomic E-state index is 0.395. The van der Waals surface area contributed by atoms with Gasteiger partial charge in [-0.15, -0.1) is 11.3 Å². The molecule has 0 saturated carbocycles. The van der Waals surface area contributed by atoms with E-state index in [0.717, 1.165) is 45.0 Å². The number of methoxy groups -OCH3 is 1. The molecule has 9 heteroatoms. The molecule has 2 aromatic heterocycles. The number of hydrogen-bond acceptors (Lipinski definition) is 6. The fourth-order valence-electron chi connectivity index (χ4n) is 4.46. The lowest BCUT2D eigenvalue weighted by molar-refractivity contribution is 0.385. The van der Waals surface area contributed by atoms with E-state index >= 15 is 0 Å². The monoisotopic (exact) mass is 496 g/mol. The van der Waals surface area contributed by atoms with Gasteiger partial charge in [-0.2, -0.15) is 4.31 Å². The zero-order chi connectivity index (χ0) is 23.9. The van der Waals surface area contributed by atoms with Crippen LogP contribution in [0.4, 0.5) is 5.13 Å². The van der Waals surface area contributed by atoms with E-state index in [1.165, 1.54) is 0 Å². The number of sulfonamides is 1. The first kappa shape index (κ1) is 22.9. The minimum Gasteiger partial charge on any atom is -0.497 e. The molecule has 0 N–H and O–H groups in total. The molecule has 2 aromatic carbocycles. The number of nitrogens with zero attached hydrogens (tertiary/aromatic N) is 4. The Bertz CT molecular complexity index is 1430. The summed E-state index contributed by atoms with van der Waals surface area (Å²) in [4.78, 5) is 7.39. The number of ether oxygens (including phenoxy) is 1. The van der Waals surface area contributed by atoms with Gasteiger partial charge in [0.15, 0.2) is 5.13 Å². The second-order valence-corrected chi connectivity index (χ2v) is 11.4. The van der Waals surface area contributed by atoms with Crippen molar-refractivity contribution in [3.05, 3.63) is 70.9 Å². The lowest BCUT2D eigenvalue weighted by Crippen LogP contribution is -2.48. The van der Waals surface area contributed by atoms with Crippen LogP contribution in [0.5, 0.6) is 5.75 Å². The Morgan fingerprint density at radius 1 is 1.09 bits per heavy atom. The molecule has 0 spiro atoms. The summed E-state index contributed by atoms with van der Waals surface area (Å²) in [5, 5.41) is 3.80. The zero-order valence-electron chi connectivity index (χ0n) is 19.6. The molecular weight excluding hydrogens is 468 g/mol. The maximum absolute atomic E-state index is 13.5. The standard InChI is InChI=1S/C25H28N4O3S2/c1-18-13-23-22(7-8-27(23)2)24(14-18)34(30,31)29-11-9-28(10-12-29)25-26-20(17-33-25)15-19-5-4-6-21(16-19)32-3/h4-8,13-14,16-17H,9-12,15H2,1-3H3. The number of benzene rings is 2. The SMILES string of the molecule is COc1cccc(Cc2csc(N3CCN(S(=O)(=O)c4cc(C)cc5c4ccn5C)CC3)n2)c1. The van der Waals surface area contributed by atoms with Crippen molar-refractivity contribution in [3.63, 3.8) is 0 Å². The van der Waals surface area contributed by atoms with Crippen LogP contribution < -0.4 is 9.64 Å². The highest BCUT2D eigenvalue weighted by molar-refractivity contribution is 7.89. The Balaban J connectivity index is 1.29. The van der Waals surface area contributed by atoms with Crippen LogP contribution in [0.2, 0.25) is 0 Å². The molecule has 1 aliphatic rings. The summed E-state index contributed by atoms with van der Waals surface area (Å²) in [5.41, 5.74) is 4.04. The number of aromatic nitrogens is 2. The van der Waals surface area contributed by atoms with E-state index in [9.17, 15) is 8.42 Å². The Hall–Kier alpha value is -2.88. The molecule has 5 rings (SSSR count). The predicted molar refractivity (Wildman–Crippen MR) is 137 cm³/mol. The maximum Gasteiger partial charge on any atom is 0.243 e. The van der Waals surface area contributed by atoms with E-state index in [2.05, 4.69) is 16.3 Å². The molecule has 1 aliphatic heterocycles. The Labute approximate surface area is 204 Å². The van der Waals surface area contributed by atoms with Crippen molar-refractivity contribution < 1.29 is 13.2 Å². The maximum atomic E-state index is 13.5. The second kappa shape index (κ2) is 9.05. The summed E-state index contributed by atoms with van der Waals surface area (Å²) < 4.78 is 36.0. The molecule has 4 aromatic rings. The van der Waals surface area contributed by atoms with Crippen molar-refractivity contribution in [2.24, 2.45) is 7.05 Å². The highest BCUT2D eigenvalue weighted by Crippen LogP contribution is 2.30. The van der Waals surface area contributed by atoms with Crippen molar-refractivity contribution in [2.75, 3.05) is 38.2 Å². The molecule has 178 valence electrons. The minimum atomic E-state index is -3.58. The third kappa shape index (κ3) is 4.31. The average Bonchev–Trinajstić information content (AvgIpc) is 3.45. The van der Waals surface area contributed by atoms with Gasteiger partial charge >= 0.3 is 0 Å². The van der Waals surface area contributed by atoms with Crippen molar-refractivity contribution in [2.45, 2.75) is 18.2 Å². The number of aryl methyl sites for hydroxylation is 2. The van der Waals surface area contributed by atoms with E-state index < -0.39 is 10.0 Å². The number of piperazine rings is 1. The van der Waals surface area contributed by atoms with Crippen LogP contribution in [0.3, 0.4) is 0 Å². The van der Waals surface area contributed by atoms with Crippen LogP contribution in [0.15, 0.2) is 58.9 Å².